The van der Waals surface area contributed by atoms with Crippen LogP contribution >= 0.6 is 23.2 Å². The van der Waals surface area contributed by atoms with E-state index in [1.165, 1.54) is 17.0 Å². The summed E-state index contributed by atoms with van der Waals surface area (Å²) in [4.78, 5) is 27.1. The first-order valence-corrected chi connectivity index (χ1v) is 8.49. The van der Waals surface area contributed by atoms with Gasteiger partial charge in [-0.15, -0.1) is 0 Å². The summed E-state index contributed by atoms with van der Waals surface area (Å²) in [6.07, 6.45) is 5.39. The topological polar surface area (TPSA) is 57.6 Å². The fraction of sp³-hybridized carbons (Fsp3) is 0.412. The zero-order chi connectivity index (χ0) is 16.0. The number of phenolic OH excluding ortho intramolecular Hbond substituents is 1. The molecule has 0 aromatic heterocycles. The Labute approximate surface area is 142 Å². The Morgan fingerprint density at radius 1 is 0.957 bits per heavy atom. The molecule has 118 valence electrons. The third-order valence-electron chi connectivity index (χ3n) is 5.92. The van der Waals surface area contributed by atoms with E-state index in [0.29, 0.717) is 17.5 Å². The highest BCUT2D eigenvalue weighted by Crippen LogP contribution is 2.65. The average molecular weight is 350 g/mol. The number of imide groups is 1. The maximum Gasteiger partial charge on any atom is 0.238 e. The maximum atomic E-state index is 12.9. The molecular formula is C17H13Cl2NO3. The van der Waals surface area contributed by atoms with Crippen LogP contribution in [0.1, 0.15) is 6.42 Å². The van der Waals surface area contributed by atoms with E-state index in [4.69, 9.17) is 23.2 Å². The fourth-order valence-corrected chi connectivity index (χ4v) is 5.37. The highest BCUT2D eigenvalue weighted by molar-refractivity contribution is 6.38. The molecule has 0 spiro atoms. The lowest BCUT2D eigenvalue weighted by Crippen LogP contribution is -2.40. The molecule has 6 rings (SSSR count). The number of hydrogen-bond donors (Lipinski definition) is 1. The van der Waals surface area contributed by atoms with Gasteiger partial charge in [0.15, 0.2) is 5.75 Å². The predicted octanol–water partition coefficient (Wildman–Crippen LogP) is 3.26. The van der Waals surface area contributed by atoms with Gasteiger partial charge in [0.05, 0.1) is 27.6 Å². The van der Waals surface area contributed by atoms with Crippen LogP contribution in [-0.4, -0.2) is 16.9 Å². The Bertz CT molecular complexity index is 746. The van der Waals surface area contributed by atoms with Gasteiger partial charge in [0.2, 0.25) is 11.8 Å². The lowest BCUT2D eigenvalue weighted by atomic mass is 9.63. The summed E-state index contributed by atoms with van der Waals surface area (Å²) in [6.45, 7) is 0. The van der Waals surface area contributed by atoms with E-state index in [9.17, 15) is 14.7 Å². The summed E-state index contributed by atoms with van der Waals surface area (Å²) >= 11 is 11.9. The smallest absolute Gasteiger partial charge is 0.238 e. The first-order chi connectivity index (χ1) is 11.0. The van der Waals surface area contributed by atoms with Gasteiger partial charge in [0.1, 0.15) is 0 Å². The molecule has 1 aromatic rings. The number of anilines is 1. The number of halogens is 2. The molecule has 3 fully saturated rings. The number of phenols is 1. The largest absolute Gasteiger partial charge is 0.505 e. The molecule has 23 heavy (non-hydrogen) atoms. The van der Waals surface area contributed by atoms with Crippen molar-refractivity contribution in [3.8, 4) is 5.75 Å². The number of nitrogens with zero attached hydrogens (tertiary/aromatic N) is 1. The SMILES string of the molecule is O=C1[C@@H]2[C@H](C(=O)N1c1cc(Cl)c(O)c(Cl)c1)[C@@H]1C=C[C@H]2C2CC21. The number of carbonyl (C=O) groups excluding carboxylic acids is 2. The number of hydrogen-bond acceptors (Lipinski definition) is 3. The van der Waals surface area contributed by atoms with Crippen molar-refractivity contribution in [2.45, 2.75) is 6.42 Å². The van der Waals surface area contributed by atoms with Crippen molar-refractivity contribution in [2.24, 2.45) is 35.5 Å². The van der Waals surface area contributed by atoms with Crippen LogP contribution in [0.2, 0.25) is 10.0 Å². The summed E-state index contributed by atoms with van der Waals surface area (Å²) in [5.74, 6) is 0.408. The van der Waals surface area contributed by atoms with Gasteiger partial charge in [-0.05, 0) is 42.2 Å². The Kier molecular flexibility index (Phi) is 2.60. The van der Waals surface area contributed by atoms with Crippen LogP contribution in [0.3, 0.4) is 0 Å². The minimum atomic E-state index is -0.257. The summed E-state index contributed by atoms with van der Waals surface area (Å²) in [5.41, 5.74) is 0.343. The Morgan fingerprint density at radius 3 is 1.91 bits per heavy atom. The molecule has 2 unspecified atom stereocenters. The summed E-state index contributed by atoms with van der Waals surface area (Å²) in [5, 5.41) is 9.75. The summed E-state index contributed by atoms with van der Waals surface area (Å²) < 4.78 is 0. The van der Waals surface area contributed by atoms with Crippen LogP contribution < -0.4 is 4.90 Å². The van der Waals surface area contributed by atoms with Crippen molar-refractivity contribution in [1.82, 2.24) is 0 Å². The monoisotopic (exact) mass is 349 g/mol. The van der Waals surface area contributed by atoms with Gasteiger partial charge in [0, 0.05) is 0 Å². The first kappa shape index (κ1) is 13.9. The molecule has 6 atom stereocenters. The second-order valence-electron chi connectivity index (χ2n) is 6.92. The van der Waals surface area contributed by atoms with Crippen molar-refractivity contribution < 1.29 is 14.7 Å². The van der Waals surface area contributed by atoms with Gasteiger partial charge in [-0.2, -0.15) is 0 Å². The number of amides is 2. The van der Waals surface area contributed by atoms with Gasteiger partial charge < -0.3 is 5.11 Å². The van der Waals surface area contributed by atoms with Crippen LogP contribution in [0.15, 0.2) is 24.3 Å². The molecule has 1 aromatic carbocycles. The van der Waals surface area contributed by atoms with E-state index in [-0.39, 0.29) is 51.3 Å². The second-order valence-corrected chi connectivity index (χ2v) is 7.74. The van der Waals surface area contributed by atoms with E-state index in [2.05, 4.69) is 12.2 Å². The third-order valence-corrected chi connectivity index (χ3v) is 6.50. The molecule has 1 aliphatic heterocycles. The normalized spacial score (nSPS) is 39.7. The zero-order valence-electron chi connectivity index (χ0n) is 11.9. The number of rotatable bonds is 1. The molecule has 4 nitrogen and oxygen atoms in total. The highest BCUT2D eigenvalue weighted by Gasteiger charge is 2.67. The lowest BCUT2D eigenvalue weighted by Gasteiger charge is -2.37. The van der Waals surface area contributed by atoms with Crippen LogP contribution in [0.25, 0.3) is 0 Å². The minimum absolute atomic E-state index is 0.0342. The molecule has 6 heteroatoms. The van der Waals surface area contributed by atoms with Crippen molar-refractivity contribution >= 4 is 40.7 Å². The molecule has 5 aliphatic rings. The van der Waals surface area contributed by atoms with E-state index in [1.807, 2.05) is 0 Å². The Balaban J connectivity index is 1.59. The van der Waals surface area contributed by atoms with Gasteiger partial charge in [-0.3, -0.25) is 9.59 Å². The molecule has 1 N–H and O–H groups in total. The zero-order valence-corrected chi connectivity index (χ0v) is 13.5. The first-order valence-electron chi connectivity index (χ1n) is 7.73. The van der Waals surface area contributed by atoms with Crippen LogP contribution in [0.5, 0.6) is 5.75 Å². The number of carbonyl (C=O) groups is 2. The van der Waals surface area contributed by atoms with E-state index in [1.54, 1.807) is 0 Å². The molecule has 4 aliphatic carbocycles. The van der Waals surface area contributed by atoms with E-state index in [0.717, 1.165) is 6.42 Å². The molecule has 2 bridgehead atoms. The van der Waals surface area contributed by atoms with Crippen molar-refractivity contribution in [3.63, 3.8) is 0 Å². The van der Waals surface area contributed by atoms with E-state index < -0.39 is 0 Å². The Morgan fingerprint density at radius 2 is 1.43 bits per heavy atom. The van der Waals surface area contributed by atoms with Crippen molar-refractivity contribution in [2.75, 3.05) is 4.90 Å². The van der Waals surface area contributed by atoms with Crippen LogP contribution in [-0.2, 0) is 9.59 Å². The van der Waals surface area contributed by atoms with Gasteiger partial charge >= 0.3 is 0 Å². The van der Waals surface area contributed by atoms with Crippen LogP contribution in [0, 0.1) is 35.5 Å². The summed E-state index contributed by atoms with van der Waals surface area (Å²) in [7, 11) is 0. The average Bonchev–Trinajstić information content (AvgIpc) is 3.29. The van der Waals surface area contributed by atoms with Gasteiger partial charge in [-0.25, -0.2) is 4.90 Å². The predicted molar refractivity (Wildman–Crippen MR) is 85.3 cm³/mol. The number of benzene rings is 1. The molecule has 0 radical (unpaired) electrons. The lowest BCUT2D eigenvalue weighted by molar-refractivity contribution is -0.124. The van der Waals surface area contributed by atoms with Gasteiger partial charge in [-0.1, -0.05) is 35.4 Å². The molecular weight excluding hydrogens is 337 g/mol. The van der Waals surface area contributed by atoms with Crippen molar-refractivity contribution in [3.05, 3.63) is 34.3 Å². The maximum absolute atomic E-state index is 12.9. The Hall–Kier alpha value is -1.52. The second kappa shape index (κ2) is 4.31. The molecule has 2 amide bonds. The quantitative estimate of drug-likeness (QED) is 0.625. The van der Waals surface area contributed by atoms with E-state index >= 15 is 0 Å². The van der Waals surface area contributed by atoms with Crippen LogP contribution in [0.4, 0.5) is 5.69 Å². The third kappa shape index (κ3) is 1.63. The number of allylic oxidation sites excluding steroid dienone is 2. The summed E-state index contributed by atoms with van der Waals surface area (Å²) in [6, 6.07) is 2.85. The fourth-order valence-electron chi connectivity index (χ4n) is 4.89. The molecule has 2 saturated carbocycles. The number of aromatic hydroxyl groups is 1. The minimum Gasteiger partial charge on any atom is -0.505 e. The van der Waals surface area contributed by atoms with Crippen molar-refractivity contribution in [1.29, 1.82) is 0 Å². The molecule has 1 heterocycles. The standard InChI is InChI=1S/C17H13Cl2NO3/c18-11-3-6(4-12(19)15(11)21)20-16(22)13-7-1-2-8(10-5-9(7)10)14(13)17(20)23/h1-4,7-10,13-14,21H,5H2/t7-,8+,9?,10?,13-,14+. The highest BCUT2D eigenvalue weighted by atomic mass is 35.5. The molecule has 1 saturated heterocycles. The van der Waals surface area contributed by atoms with Gasteiger partial charge in [0.25, 0.3) is 0 Å².